The van der Waals surface area contributed by atoms with Gasteiger partial charge in [0.05, 0.1) is 18.2 Å². The molecular weight excluding hydrogens is 284 g/mol. The molecule has 0 spiro atoms. The summed E-state index contributed by atoms with van der Waals surface area (Å²) in [5.41, 5.74) is 1.08. The Morgan fingerprint density at radius 2 is 1.71 bits per heavy atom. The average Bonchev–Trinajstić information content (AvgIpc) is 2.50. The molecule has 0 saturated carbocycles. The second kappa shape index (κ2) is 9.58. The molecule has 1 aromatic carbocycles. The minimum Gasteiger partial charge on any atom is -0.493 e. The Kier molecular flexibility index (Phi) is 8.08. The van der Waals surface area contributed by atoms with Crippen LogP contribution in [0.2, 0.25) is 5.02 Å². The van der Waals surface area contributed by atoms with Gasteiger partial charge in [-0.2, -0.15) is 0 Å². The van der Waals surface area contributed by atoms with Crippen LogP contribution >= 0.6 is 11.6 Å². The highest BCUT2D eigenvalue weighted by Gasteiger charge is 2.17. The van der Waals surface area contributed by atoms with Crippen molar-refractivity contribution in [1.82, 2.24) is 0 Å². The van der Waals surface area contributed by atoms with Crippen molar-refractivity contribution >= 4 is 11.6 Å². The van der Waals surface area contributed by atoms with Crippen LogP contribution in [-0.4, -0.2) is 13.2 Å². The van der Waals surface area contributed by atoms with E-state index < -0.39 is 0 Å². The van der Waals surface area contributed by atoms with E-state index in [1.807, 2.05) is 12.1 Å². The molecular formula is C18H25ClO2. The first kappa shape index (κ1) is 17.7. The quantitative estimate of drug-likeness (QED) is 0.566. The molecule has 0 aliphatic heterocycles. The zero-order valence-corrected chi connectivity index (χ0v) is 14.0. The molecule has 0 saturated heterocycles. The lowest BCUT2D eigenvalue weighted by molar-refractivity contribution is 0.298. The second-order valence-electron chi connectivity index (χ2n) is 5.03. The highest BCUT2D eigenvalue weighted by Crippen LogP contribution is 2.39. The fourth-order valence-electron chi connectivity index (χ4n) is 2.15. The van der Waals surface area contributed by atoms with E-state index in [9.17, 15) is 0 Å². The lowest BCUT2D eigenvalue weighted by Crippen LogP contribution is -2.05. The number of ether oxygens (including phenoxy) is 2. The summed E-state index contributed by atoms with van der Waals surface area (Å²) >= 11 is 6.34. The Morgan fingerprint density at radius 3 is 2.24 bits per heavy atom. The molecule has 0 fully saturated rings. The van der Waals surface area contributed by atoms with Crippen LogP contribution in [0.5, 0.6) is 11.5 Å². The highest BCUT2D eigenvalue weighted by atomic mass is 35.5. The van der Waals surface area contributed by atoms with Gasteiger partial charge in [-0.05, 0) is 36.8 Å². The summed E-state index contributed by atoms with van der Waals surface area (Å²) in [4.78, 5) is 0. The minimum absolute atomic E-state index is 0.264. The molecule has 0 radical (unpaired) electrons. The fraction of sp³-hybridized carbons (Fsp3) is 0.556. The molecule has 0 bridgehead atoms. The Bertz CT molecular complexity index is 477. The Morgan fingerprint density at radius 1 is 1.10 bits per heavy atom. The van der Waals surface area contributed by atoms with Crippen molar-refractivity contribution in [1.29, 1.82) is 0 Å². The van der Waals surface area contributed by atoms with Gasteiger partial charge in [0.1, 0.15) is 11.5 Å². The molecule has 1 aromatic rings. The van der Waals surface area contributed by atoms with E-state index in [1.165, 1.54) is 0 Å². The Labute approximate surface area is 133 Å². The van der Waals surface area contributed by atoms with E-state index in [1.54, 1.807) is 0 Å². The van der Waals surface area contributed by atoms with Crippen molar-refractivity contribution < 1.29 is 9.47 Å². The van der Waals surface area contributed by atoms with E-state index in [4.69, 9.17) is 27.5 Å². The summed E-state index contributed by atoms with van der Waals surface area (Å²) in [6.45, 7) is 7.60. The number of hydrogen-bond acceptors (Lipinski definition) is 2. The number of hydrogen-bond donors (Lipinski definition) is 0. The molecule has 1 atom stereocenters. The van der Waals surface area contributed by atoms with Gasteiger partial charge in [0.15, 0.2) is 0 Å². The summed E-state index contributed by atoms with van der Waals surface area (Å²) < 4.78 is 11.6. The lowest BCUT2D eigenvalue weighted by Gasteiger charge is -2.20. The smallest absolute Gasteiger partial charge is 0.141 e. The zero-order valence-electron chi connectivity index (χ0n) is 13.2. The van der Waals surface area contributed by atoms with Gasteiger partial charge in [0, 0.05) is 12.5 Å². The Balaban J connectivity index is 3.14. The maximum absolute atomic E-state index is 6.34. The van der Waals surface area contributed by atoms with E-state index >= 15 is 0 Å². The van der Waals surface area contributed by atoms with Gasteiger partial charge in [-0.1, -0.05) is 32.4 Å². The van der Waals surface area contributed by atoms with Gasteiger partial charge in [-0.25, -0.2) is 0 Å². The van der Waals surface area contributed by atoms with E-state index in [2.05, 4.69) is 26.7 Å². The fourth-order valence-corrected chi connectivity index (χ4v) is 2.37. The molecule has 1 rings (SSSR count). The van der Waals surface area contributed by atoms with Crippen LogP contribution in [0.15, 0.2) is 12.1 Å². The molecule has 0 heterocycles. The molecule has 0 N–H and O–H groups in total. The number of rotatable bonds is 9. The maximum atomic E-state index is 6.34. The summed E-state index contributed by atoms with van der Waals surface area (Å²) in [6, 6.07) is 3.85. The van der Waals surface area contributed by atoms with Gasteiger partial charge >= 0.3 is 0 Å². The van der Waals surface area contributed by atoms with Gasteiger partial charge in [-0.3, -0.25) is 0 Å². The van der Waals surface area contributed by atoms with E-state index in [0.29, 0.717) is 30.4 Å². The molecule has 0 aliphatic rings. The number of terminal acetylenes is 1. The van der Waals surface area contributed by atoms with Crippen LogP contribution in [0.1, 0.15) is 57.9 Å². The second-order valence-corrected chi connectivity index (χ2v) is 5.44. The minimum atomic E-state index is 0.264. The van der Waals surface area contributed by atoms with E-state index in [0.717, 1.165) is 30.6 Å². The van der Waals surface area contributed by atoms with Crippen molar-refractivity contribution in [2.75, 3.05) is 13.2 Å². The molecule has 0 aromatic heterocycles. The van der Waals surface area contributed by atoms with Gasteiger partial charge < -0.3 is 9.47 Å². The molecule has 116 valence electrons. The first-order valence-electron chi connectivity index (χ1n) is 7.70. The SMILES string of the molecule is C#CCC(CC)c1cc(Cl)c(OCCC)cc1OCCC. The number of benzene rings is 1. The van der Waals surface area contributed by atoms with Crippen LogP contribution < -0.4 is 9.47 Å². The van der Waals surface area contributed by atoms with Gasteiger partial charge in [0.2, 0.25) is 0 Å². The first-order valence-corrected chi connectivity index (χ1v) is 8.08. The molecule has 1 unspecified atom stereocenters. The van der Waals surface area contributed by atoms with Crippen LogP contribution in [-0.2, 0) is 0 Å². The maximum Gasteiger partial charge on any atom is 0.141 e. The van der Waals surface area contributed by atoms with Crippen LogP contribution in [0.3, 0.4) is 0 Å². The molecule has 2 nitrogen and oxygen atoms in total. The van der Waals surface area contributed by atoms with Crippen molar-refractivity contribution in [3.05, 3.63) is 22.7 Å². The number of halogens is 1. The summed E-state index contributed by atoms with van der Waals surface area (Å²) in [5.74, 6) is 4.53. The van der Waals surface area contributed by atoms with Crippen LogP contribution in [0, 0.1) is 12.3 Å². The summed E-state index contributed by atoms with van der Waals surface area (Å²) in [6.07, 6.45) is 9.02. The third-order valence-corrected chi connectivity index (χ3v) is 3.58. The third kappa shape index (κ3) is 5.17. The lowest BCUT2D eigenvalue weighted by atomic mass is 9.92. The van der Waals surface area contributed by atoms with Crippen LogP contribution in [0.25, 0.3) is 0 Å². The van der Waals surface area contributed by atoms with Crippen molar-refractivity contribution in [3.63, 3.8) is 0 Å². The van der Waals surface area contributed by atoms with Gasteiger partial charge in [0.25, 0.3) is 0 Å². The molecule has 0 aliphatic carbocycles. The third-order valence-electron chi connectivity index (χ3n) is 3.28. The van der Waals surface area contributed by atoms with E-state index in [-0.39, 0.29) is 5.92 Å². The average molecular weight is 309 g/mol. The monoisotopic (exact) mass is 308 g/mol. The topological polar surface area (TPSA) is 18.5 Å². The summed E-state index contributed by atoms with van der Waals surface area (Å²) in [7, 11) is 0. The normalized spacial score (nSPS) is 11.8. The standard InChI is InChI=1S/C18H25ClO2/c1-5-9-14(8-4)15-12-16(19)18(21-11-7-3)13-17(15)20-10-6-2/h1,12-14H,6-11H2,2-4H3. The van der Waals surface area contributed by atoms with Crippen molar-refractivity contribution in [2.45, 2.75) is 52.4 Å². The van der Waals surface area contributed by atoms with Crippen molar-refractivity contribution in [2.24, 2.45) is 0 Å². The predicted octanol–water partition coefficient (Wildman–Crippen LogP) is 5.43. The van der Waals surface area contributed by atoms with Gasteiger partial charge in [-0.15, -0.1) is 12.3 Å². The highest BCUT2D eigenvalue weighted by molar-refractivity contribution is 6.32. The largest absolute Gasteiger partial charge is 0.493 e. The molecule has 3 heteroatoms. The van der Waals surface area contributed by atoms with Crippen molar-refractivity contribution in [3.8, 4) is 23.8 Å². The molecule has 21 heavy (non-hydrogen) atoms. The predicted molar refractivity (Wildman–Crippen MR) is 89.5 cm³/mol. The summed E-state index contributed by atoms with van der Waals surface area (Å²) in [5, 5.41) is 0.623. The first-order chi connectivity index (χ1) is 10.2. The molecule has 0 amide bonds. The zero-order chi connectivity index (χ0) is 15.7. The Hall–Kier alpha value is -1.33. The van der Waals surface area contributed by atoms with Crippen LogP contribution in [0.4, 0.5) is 0 Å².